The van der Waals surface area contributed by atoms with Crippen molar-refractivity contribution in [1.82, 2.24) is 9.80 Å². The molecule has 32 heavy (non-hydrogen) atoms. The van der Waals surface area contributed by atoms with Crippen molar-refractivity contribution in [3.05, 3.63) is 101 Å². The highest BCUT2D eigenvalue weighted by atomic mass is 19.1. The summed E-state index contributed by atoms with van der Waals surface area (Å²) in [6.07, 6.45) is 0. The summed E-state index contributed by atoms with van der Waals surface area (Å²) in [6, 6.07) is 25.0. The van der Waals surface area contributed by atoms with Crippen LogP contribution in [0.2, 0.25) is 0 Å². The van der Waals surface area contributed by atoms with Gasteiger partial charge in [0.15, 0.2) is 0 Å². The first-order valence-electron chi connectivity index (χ1n) is 10.7. The van der Waals surface area contributed by atoms with Crippen LogP contribution in [0.1, 0.15) is 22.7 Å². The summed E-state index contributed by atoms with van der Waals surface area (Å²) in [5.74, 6) is -0.454. The molecule has 1 N–H and O–H groups in total. The Labute approximate surface area is 187 Å². The Morgan fingerprint density at radius 2 is 1.59 bits per heavy atom. The first kappa shape index (κ1) is 21.7. The molecule has 1 amide bonds. The molecule has 5 nitrogen and oxygen atoms in total. The van der Waals surface area contributed by atoms with E-state index in [0.717, 1.165) is 38.3 Å². The first-order chi connectivity index (χ1) is 15.6. The lowest BCUT2D eigenvalue weighted by Crippen LogP contribution is -2.49. The van der Waals surface area contributed by atoms with E-state index in [1.807, 2.05) is 54.6 Å². The summed E-state index contributed by atoms with van der Waals surface area (Å²) in [5, 5.41) is 11.9. The van der Waals surface area contributed by atoms with Crippen molar-refractivity contribution in [1.29, 1.82) is 5.26 Å². The summed E-state index contributed by atoms with van der Waals surface area (Å²) >= 11 is 0. The monoisotopic (exact) mass is 428 g/mol. The minimum Gasteiger partial charge on any atom is -0.324 e. The largest absolute Gasteiger partial charge is 0.324 e. The van der Waals surface area contributed by atoms with Gasteiger partial charge in [0.2, 0.25) is 5.91 Å². The van der Waals surface area contributed by atoms with E-state index in [2.05, 4.69) is 21.2 Å². The van der Waals surface area contributed by atoms with Crippen LogP contribution >= 0.6 is 0 Å². The molecule has 1 heterocycles. The zero-order chi connectivity index (χ0) is 22.3. The van der Waals surface area contributed by atoms with Crippen molar-refractivity contribution < 1.29 is 9.18 Å². The topological polar surface area (TPSA) is 59.4 Å². The van der Waals surface area contributed by atoms with Crippen LogP contribution in [0.5, 0.6) is 0 Å². The molecule has 0 bridgehead atoms. The predicted molar refractivity (Wildman–Crippen MR) is 122 cm³/mol. The molecule has 4 rings (SSSR count). The number of anilines is 1. The fraction of sp³-hybridized carbons (Fsp3) is 0.231. The second kappa shape index (κ2) is 10.2. The molecule has 3 aromatic rings. The molecule has 1 fully saturated rings. The van der Waals surface area contributed by atoms with E-state index >= 15 is 0 Å². The SMILES string of the molecule is N#Cc1ccc(CN2CCN(C(C(=O)Nc3ccc(F)cc3)c3ccccc3)CC2)cc1. The average molecular weight is 429 g/mol. The third-order valence-electron chi connectivity index (χ3n) is 5.74. The Bertz CT molecular complexity index is 1070. The van der Waals surface area contributed by atoms with Gasteiger partial charge in [-0.1, -0.05) is 42.5 Å². The maximum atomic E-state index is 13.2. The van der Waals surface area contributed by atoms with Gasteiger partial charge in [-0.3, -0.25) is 14.6 Å². The number of carbonyl (C=O) groups is 1. The highest BCUT2D eigenvalue weighted by Gasteiger charge is 2.30. The molecule has 0 spiro atoms. The van der Waals surface area contributed by atoms with E-state index in [0.29, 0.717) is 11.3 Å². The number of rotatable bonds is 6. The lowest BCUT2D eigenvalue weighted by Gasteiger charge is -2.38. The van der Waals surface area contributed by atoms with Crippen LogP contribution in [0.25, 0.3) is 0 Å². The van der Waals surface area contributed by atoms with Gasteiger partial charge in [0.25, 0.3) is 0 Å². The van der Waals surface area contributed by atoms with Crippen molar-refractivity contribution in [2.75, 3.05) is 31.5 Å². The third-order valence-corrected chi connectivity index (χ3v) is 5.74. The minimum absolute atomic E-state index is 0.122. The Morgan fingerprint density at radius 1 is 0.938 bits per heavy atom. The van der Waals surface area contributed by atoms with Gasteiger partial charge in [0.1, 0.15) is 11.9 Å². The quantitative estimate of drug-likeness (QED) is 0.640. The van der Waals surface area contributed by atoms with Gasteiger partial charge in [-0.05, 0) is 47.5 Å². The van der Waals surface area contributed by atoms with Gasteiger partial charge in [0.05, 0.1) is 11.6 Å². The first-order valence-corrected chi connectivity index (χ1v) is 10.7. The molecule has 0 aromatic heterocycles. The lowest BCUT2D eigenvalue weighted by molar-refractivity contribution is -0.122. The molecule has 6 heteroatoms. The van der Waals surface area contributed by atoms with Gasteiger partial charge in [-0.25, -0.2) is 4.39 Å². The van der Waals surface area contributed by atoms with Crippen LogP contribution in [0, 0.1) is 17.1 Å². The number of halogens is 1. The van der Waals surface area contributed by atoms with Crippen molar-refractivity contribution >= 4 is 11.6 Å². The number of hydrogen-bond donors (Lipinski definition) is 1. The molecule has 1 atom stereocenters. The molecule has 0 radical (unpaired) electrons. The van der Waals surface area contributed by atoms with Crippen LogP contribution in [-0.4, -0.2) is 41.9 Å². The highest BCUT2D eigenvalue weighted by Crippen LogP contribution is 2.25. The molecule has 3 aromatic carbocycles. The van der Waals surface area contributed by atoms with Gasteiger partial charge in [0, 0.05) is 38.4 Å². The Morgan fingerprint density at radius 3 is 2.22 bits per heavy atom. The molecule has 0 saturated carbocycles. The number of hydrogen-bond acceptors (Lipinski definition) is 4. The van der Waals surface area contributed by atoms with E-state index in [1.54, 1.807) is 12.1 Å². The summed E-state index contributed by atoms with van der Waals surface area (Å²) in [4.78, 5) is 17.8. The van der Waals surface area contributed by atoms with E-state index < -0.39 is 6.04 Å². The number of benzene rings is 3. The van der Waals surface area contributed by atoms with Crippen LogP contribution < -0.4 is 5.32 Å². The Hall–Kier alpha value is -3.53. The minimum atomic E-state index is -0.418. The number of piperazine rings is 1. The maximum Gasteiger partial charge on any atom is 0.246 e. The smallest absolute Gasteiger partial charge is 0.246 e. The second-order valence-electron chi connectivity index (χ2n) is 7.93. The van der Waals surface area contributed by atoms with Gasteiger partial charge in [-0.15, -0.1) is 0 Å². The average Bonchev–Trinajstić information content (AvgIpc) is 2.83. The van der Waals surface area contributed by atoms with Gasteiger partial charge >= 0.3 is 0 Å². The fourth-order valence-electron chi connectivity index (χ4n) is 4.03. The molecule has 1 aliphatic rings. The molecule has 1 aliphatic heterocycles. The van der Waals surface area contributed by atoms with Crippen LogP contribution in [-0.2, 0) is 11.3 Å². The van der Waals surface area contributed by atoms with E-state index in [9.17, 15) is 9.18 Å². The molecule has 0 aliphatic carbocycles. The number of nitrogens with zero attached hydrogens (tertiary/aromatic N) is 3. The fourth-order valence-corrected chi connectivity index (χ4v) is 4.03. The van der Waals surface area contributed by atoms with Crippen molar-refractivity contribution in [3.8, 4) is 6.07 Å². The summed E-state index contributed by atoms with van der Waals surface area (Å²) in [7, 11) is 0. The maximum absolute atomic E-state index is 13.2. The zero-order valence-corrected chi connectivity index (χ0v) is 17.7. The number of amides is 1. The van der Waals surface area contributed by atoms with Crippen molar-refractivity contribution in [2.45, 2.75) is 12.6 Å². The molecule has 1 unspecified atom stereocenters. The molecule has 1 saturated heterocycles. The number of carbonyl (C=O) groups excluding carboxylic acids is 1. The highest BCUT2D eigenvalue weighted by molar-refractivity contribution is 5.95. The van der Waals surface area contributed by atoms with Crippen molar-refractivity contribution in [2.24, 2.45) is 0 Å². The van der Waals surface area contributed by atoms with Gasteiger partial charge < -0.3 is 5.32 Å². The molecule has 162 valence electrons. The van der Waals surface area contributed by atoms with Crippen LogP contribution in [0.3, 0.4) is 0 Å². The third kappa shape index (κ3) is 5.38. The van der Waals surface area contributed by atoms with Crippen LogP contribution in [0.15, 0.2) is 78.9 Å². The molecular formula is C26H25FN4O. The van der Waals surface area contributed by atoms with E-state index in [1.165, 1.54) is 17.7 Å². The number of nitrogens with one attached hydrogen (secondary N) is 1. The standard InChI is InChI=1S/C26H25FN4O/c27-23-10-12-24(13-11-23)29-26(32)25(22-4-2-1-3-5-22)31-16-14-30(15-17-31)19-21-8-6-20(18-28)7-9-21/h1-13,25H,14-17,19H2,(H,29,32). The second-order valence-corrected chi connectivity index (χ2v) is 7.93. The van der Waals surface area contributed by atoms with Crippen LogP contribution in [0.4, 0.5) is 10.1 Å². The normalized spacial score (nSPS) is 15.6. The predicted octanol–water partition coefficient (Wildman–Crippen LogP) is 4.19. The summed E-state index contributed by atoms with van der Waals surface area (Å²) in [6.45, 7) is 4.01. The van der Waals surface area contributed by atoms with Gasteiger partial charge in [-0.2, -0.15) is 5.26 Å². The molecular weight excluding hydrogens is 403 g/mol. The summed E-state index contributed by atoms with van der Waals surface area (Å²) in [5.41, 5.74) is 3.35. The lowest BCUT2D eigenvalue weighted by atomic mass is 10.0. The zero-order valence-electron chi connectivity index (χ0n) is 17.7. The number of nitriles is 1. The Balaban J connectivity index is 1.43. The summed E-state index contributed by atoms with van der Waals surface area (Å²) < 4.78 is 13.2. The Kier molecular flexibility index (Phi) is 6.90. The van der Waals surface area contributed by atoms with Crippen molar-refractivity contribution in [3.63, 3.8) is 0 Å². The van der Waals surface area contributed by atoms with E-state index in [4.69, 9.17) is 5.26 Å². The van der Waals surface area contributed by atoms with E-state index in [-0.39, 0.29) is 11.7 Å².